The fourth-order valence-electron chi connectivity index (χ4n) is 2.97. The van der Waals surface area contributed by atoms with Gasteiger partial charge < -0.3 is 5.73 Å². The van der Waals surface area contributed by atoms with Gasteiger partial charge in [0.25, 0.3) is 0 Å². The molecule has 0 aliphatic carbocycles. The van der Waals surface area contributed by atoms with Crippen LogP contribution in [0.3, 0.4) is 0 Å². The molecule has 116 valence electrons. The standard InChI is InChI=1S/C18H18N4S/c19-18-20-10-14-11-22(9-8-16(14)21-18)12-15-6-7-17(23-15)13-4-2-1-3-5-13/h1-7,10H,8-9,11-12H2,(H2,19,20,21). The highest BCUT2D eigenvalue weighted by molar-refractivity contribution is 7.15. The number of hydrogen-bond acceptors (Lipinski definition) is 5. The quantitative estimate of drug-likeness (QED) is 0.803. The normalized spacial score (nSPS) is 14.6. The number of benzene rings is 1. The van der Waals surface area contributed by atoms with E-state index in [2.05, 4.69) is 57.3 Å². The highest BCUT2D eigenvalue weighted by Crippen LogP contribution is 2.29. The molecule has 0 fully saturated rings. The van der Waals surface area contributed by atoms with Gasteiger partial charge in [0.15, 0.2) is 0 Å². The molecule has 3 aromatic rings. The molecule has 3 heterocycles. The van der Waals surface area contributed by atoms with Crippen LogP contribution in [0.1, 0.15) is 16.1 Å². The van der Waals surface area contributed by atoms with Gasteiger partial charge in [-0.05, 0) is 17.7 Å². The third-order valence-corrected chi connectivity index (χ3v) is 5.25. The SMILES string of the molecule is Nc1ncc2c(n1)CCN(Cc1ccc(-c3ccccc3)s1)C2. The topological polar surface area (TPSA) is 55.0 Å². The number of nitrogen functional groups attached to an aromatic ring is 1. The Balaban J connectivity index is 1.47. The molecule has 1 aliphatic rings. The predicted octanol–water partition coefficient (Wildman–Crippen LogP) is 3.35. The molecule has 4 nitrogen and oxygen atoms in total. The van der Waals surface area contributed by atoms with E-state index in [-0.39, 0.29) is 0 Å². The third kappa shape index (κ3) is 3.11. The molecule has 5 heteroatoms. The first kappa shape index (κ1) is 14.4. The highest BCUT2D eigenvalue weighted by Gasteiger charge is 2.18. The number of aromatic nitrogens is 2. The first-order chi connectivity index (χ1) is 11.3. The molecule has 4 rings (SSSR count). The summed E-state index contributed by atoms with van der Waals surface area (Å²) >= 11 is 1.87. The Labute approximate surface area is 139 Å². The van der Waals surface area contributed by atoms with Gasteiger partial charge in [-0.25, -0.2) is 9.97 Å². The maximum Gasteiger partial charge on any atom is 0.220 e. The Kier molecular flexibility index (Phi) is 3.81. The van der Waals surface area contributed by atoms with Crippen molar-refractivity contribution in [2.24, 2.45) is 0 Å². The zero-order valence-electron chi connectivity index (χ0n) is 12.8. The molecule has 1 aromatic carbocycles. The van der Waals surface area contributed by atoms with E-state index in [0.29, 0.717) is 5.95 Å². The van der Waals surface area contributed by atoms with E-state index in [1.807, 2.05) is 17.5 Å². The van der Waals surface area contributed by atoms with Gasteiger partial charge in [0.1, 0.15) is 0 Å². The van der Waals surface area contributed by atoms with Crippen molar-refractivity contribution in [3.05, 3.63) is 64.8 Å². The Bertz CT molecular complexity index is 813. The molecule has 0 atom stereocenters. The van der Waals surface area contributed by atoms with Crippen LogP contribution < -0.4 is 5.73 Å². The summed E-state index contributed by atoms with van der Waals surface area (Å²) in [5.41, 5.74) is 9.25. The van der Waals surface area contributed by atoms with Crippen LogP contribution in [0.2, 0.25) is 0 Å². The van der Waals surface area contributed by atoms with E-state index in [1.165, 1.54) is 20.9 Å². The van der Waals surface area contributed by atoms with E-state index in [9.17, 15) is 0 Å². The lowest BCUT2D eigenvalue weighted by Gasteiger charge is -2.27. The Morgan fingerprint density at radius 1 is 1.13 bits per heavy atom. The van der Waals surface area contributed by atoms with Crippen molar-refractivity contribution in [1.82, 2.24) is 14.9 Å². The van der Waals surface area contributed by atoms with Crippen LogP contribution in [0, 0.1) is 0 Å². The Morgan fingerprint density at radius 2 is 2.00 bits per heavy atom. The number of hydrogen-bond donors (Lipinski definition) is 1. The molecule has 0 amide bonds. The molecule has 0 saturated carbocycles. The fraction of sp³-hybridized carbons (Fsp3) is 0.222. The number of thiophene rings is 1. The third-order valence-electron chi connectivity index (χ3n) is 4.13. The van der Waals surface area contributed by atoms with E-state index in [0.717, 1.165) is 31.7 Å². The second-order valence-electron chi connectivity index (χ2n) is 5.79. The Hall–Kier alpha value is -2.24. The second kappa shape index (κ2) is 6.10. The molecule has 0 spiro atoms. The molecule has 0 unspecified atom stereocenters. The molecule has 1 aliphatic heterocycles. The van der Waals surface area contributed by atoms with Crippen LogP contribution in [-0.4, -0.2) is 21.4 Å². The maximum absolute atomic E-state index is 5.66. The molecule has 2 N–H and O–H groups in total. The highest BCUT2D eigenvalue weighted by atomic mass is 32.1. The lowest BCUT2D eigenvalue weighted by molar-refractivity contribution is 0.245. The van der Waals surface area contributed by atoms with Gasteiger partial charge in [0.2, 0.25) is 5.95 Å². The summed E-state index contributed by atoms with van der Waals surface area (Å²) in [6.45, 7) is 2.89. The molecular weight excluding hydrogens is 304 g/mol. The minimum atomic E-state index is 0.378. The van der Waals surface area contributed by atoms with Crippen LogP contribution in [-0.2, 0) is 19.5 Å². The number of rotatable bonds is 3. The number of nitrogens with two attached hydrogens (primary N) is 1. The van der Waals surface area contributed by atoms with Crippen molar-refractivity contribution < 1.29 is 0 Å². The van der Waals surface area contributed by atoms with E-state index in [4.69, 9.17) is 5.73 Å². The summed E-state index contributed by atoms with van der Waals surface area (Å²) < 4.78 is 0. The van der Waals surface area contributed by atoms with Gasteiger partial charge in [-0.2, -0.15) is 0 Å². The number of fused-ring (bicyclic) bond motifs is 1. The van der Waals surface area contributed by atoms with Crippen LogP contribution in [0.25, 0.3) is 10.4 Å². The van der Waals surface area contributed by atoms with Crippen LogP contribution in [0.5, 0.6) is 0 Å². The van der Waals surface area contributed by atoms with E-state index >= 15 is 0 Å². The summed E-state index contributed by atoms with van der Waals surface area (Å²) in [5.74, 6) is 0.378. The fourth-order valence-corrected chi connectivity index (χ4v) is 4.02. The van der Waals surface area contributed by atoms with Gasteiger partial charge in [-0.3, -0.25) is 4.90 Å². The maximum atomic E-state index is 5.66. The predicted molar refractivity (Wildman–Crippen MR) is 94.0 cm³/mol. The summed E-state index contributed by atoms with van der Waals surface area (Å²) in [5, 5.41) is 0. The van der Waals surface area contributed by atoms with Gasteiger partial charge in [-0.1, -0.05) is 30.3 Å². The van der Waals surface area contributed by atoms with Crippen molar-refractivity contribution in [1.29, 1.82) is 0 Å². The van der Waals surface area contributed by atoms with Gasteiger partial charge in [-0.15, -0.1) is 11.3 Å². The minimum absolute atomic E-state index is 0.378. The average molecular weight is 322 g/mol. The van der Waals surface area contributed by atoms with E-state index in [1.54, 1.807) is 0 Å². The van der Waals surface area contributed by atoms with Gasteiger partial charge >= 0.3 is 0 Å². The first-order valence-corrected chi connectivity index (χ1v) is 8.56. The molecule has 0 radical (unpaired) electrons. The summed E-state index contributed by atoms with van der Waals surface area (Å²) in [7, 11) is 0. The summed E-state index contributed by atoms with van der Waals surface area (Å²) in [6, 6.07) is 15.0. The minimum Gasteiger partial charge on any atom is -0.368 e. The van der Waals surface area contributed by atoms with Crippen molar-refractivity contribution in [3.63, 3.8) is 0 Å². The van der Waals surface area contributed by atoms with Crippen LogP contribution >= 0.6 is 11.3 Å². The number of nitrogens with zero attached hydrogens (tertiary/aromatic N) is 3. The van der Waals surface area contributed by atoms with Gasteiger partial charge in [0.05, 0.1) is 5.69 Å². The average Bonchev–Trinajstić information content (AvgIpc) is 3.04. The molecular formula is C18H18N4S. The molecule has 2 aromatic heterocycles. The lowest BCUT2D eigenvalue weighted by atomic mass is 10.1. The smallest absolute Gasteiger partial charge is 0.220 e. The van der Waals surface area contributed by atoms with E-state index < -0.39 is 0 Å². The molecule has 0 saturated heterocycles. The monoisotopic (exact) mass is 322 g/mol. The summed E-state index contributed by atoms with van der Waals surface area (Å²) in [4.78, 5) is 13.6. The van der Waals surface area contributed by atoms with Crippen molar-refractivity contribution in [2.75, 3.05) is 12.3 Å². The summed E-state index contributed by atoms with van der Waals surface area (Å²) in [6.07, 6.45) is 2.81. The lowest BCUT2D eigenvalue weighted by Crippen LogP contribution is -2.30. The Morgan fingerprint density at radius 3 is 2.87 bits per heavy atom. The van der Waals surface area contributed by atoms with Crippen LogP contribution in [0.15, 0.2) is 48.7 Å². The second-order valence-corrected chi connectivity index (χ2v) is 6.96. The first-order valence-electron chi connectivity index (χ1n) is 7.75. The van der Waals surface area contributed by atoms with Crippen LogP contribution in [0.4, 0.5) is 5.95 Å². The largest absolute Gasteiger partial charge is 0.368 e. The van der Waals surface area contributed by atoms with Crippen molar-refractivity contribution in [2.45, 2.75) is 19.5 Å². The van der Waals surface area contributed by atoms with Crippen molar-refractivity contribution in [3.8, 4) is 10.4 Å². The molecule has 23 heavy (non-hydrogen) atoms. The van der Waals surface area contributed by atoms with Gasteiger partial charge in [0, 0.05) is 47.6 Å². The molecule has 0 bridgehead atoms. The van der Waals surface area contributed by atoms with Crippen molar-refractivity contribution >= 4 is 17.3 Å². The number of anilines is 1. The zero-order chi connectivity index (χ0) is 15.6. The zero-order valence-corrected chi connectivity index (χ0v) is 13.6.